The standard InChI is InChI=1S/C14H17N3O3S/c1-10-7-12(20-2)4-6-14(10)17-21(18,19)13-5-3-11(8-15)16-9-13/h3-7,9,17H,8,15H2,1-2H3. The molecule has 1 heterocycles. The summed E-state index contributed by atoms with van der Waals surface area (Å²) in [7, 11) is -2.12. The van der Waals surface area contributed by atoms with Gasteiger partial charge in [0.2, 0.25) is 0 Å². The molecule has 1 aromatic heterocycles. The summed E-state index contributed by atoms with van der Waals surface area (Å²) in [5.74, 6) is 0.671. The number of nitrogens with zero attached hydrogens (tertiary/aromatic N) is 1. The maximum atomic E-state index is 12.3. The molecule has 2 rings (SSSR count). The van der Waals surface area contributed by atoms with Crippen molar-refractivity contribution in [3.05, 3.63) is 47.8 Å². The maximum Gasteiger partial charge on any atom is 0.263 e. The van der Waals surface area contributed by atoms with Crippen LogP contribution < -0.4 is 15.2 Å². The Labute approximate surface area is 124 Å². The van der Waals surface area contributed by atoms with Gasteiger partial charge in [-0.2, -0.15) is 0 Å². The van der Waals surface area contributed by atoms with Crippen molar-refractivity contribution in [3.8, 4) is 5.75 Å². The molecular formula is C14H17N3O3S. The third-order valence-electron chi connectivity index (χ3n) is 2.99. The molecular weight excluding hydrogens is 290 g/mol. The van der Waals surface area contributed by atoms with Crippen LogP contribution in [0.25, 0.3) is 0 Å². The molecule has 1 aromatic carbocycles. The van der Waals surface area contributed by atoms with Crippen LogP contribution in [0.5, 0.6) is 5.75 Å². The van der Waals surface area contributed by atoms with Gasteiger partial charge in [0.1, 0.15) is 10.6 Å². The molecule has 0 atom stereocenters. The molecule has 112 valence electrons. The first-order valence-corrected chi connectivity index (χ1v) is 7.77. The zero-order valence-electron chi connectivity index (χ0n) is 11.8. The van der Waals surface area contributed by atoms with E-state index in [0.29, 0.717) is 17.1 Å². The third kappa shape index (κ3) is 3.50. The van der Waals surface area contributed by atoms with Crippen LogP contribution in [-0.4, -0.2) is 20.5 Å². The minimum Gasteiger partial charge on any atom is -0.497 e. The lowest BCUT2D eigenvalue weighted by molar-refractivity contribution is 0.414. The summed E-state index contributed by atoms with van der Waals surface area (Å²) in [5.41, 5.74) is 7.34. The van der Waals surface area contributed by atoms with Gasteiger partial charge in [-0.1, -0.05) is 0 Å². The normalized spacial score (nSPS) is 11.2. The predicted octanol–water partition coefficient (Wildman–Crippen LogP) is 1.66. The van der Waals surface area contributed by atoms with E-state index in [9.17, 15) is 8.42 Å². The fraction of sp³-hybridized carbons (Fsp3) is 0.214. The van der Waals surface area contributed by atoms with Crippen LogP contribution in [0.3, 0.4) is 0 Å². The van der Waals surface area contributed by atoms with Crippen LogP contribution in [0.1, 0.15) is 11.3 Å². The molecule has 0 radical (unpaired) electrons. The van der Waals surface area contributed by atoms with E-state index >= 15 is 0 Å². The third-order valence-corrected chi connectivity index (χ3v) is 4.35. The van der Waals surface area contributed by atoms with E-state index < -0.39 is 10.0 Å². The first-order chi connectivity index (χ1) is 9.96. The number of pyridine rings is 1. The Bertz CT molecular complexity index is 728. The lowest BCUT2D eigenvalue weighted by atomic mass is 10.2. The van der Waals surface area contributed by atoms with Crippen molar-refractivity contribution in [1.82, 2.24) is 4.98 Å². The highest BCUT2D eigenvalue weighted by molar-refractivity contribution is 7.92. The average Bonchev–Trinajstić information content (AvgIpc) is 2.49. The Morgan fingerprint density at radius 3 is 2.57 bits per heavy atom. The van der Waals surface area contributed by atoms with E-state index in [1.165, 1.54) is 12.3 Å². The molecule has 0 amide bonds. The number of ether oxygens (including phenoxy) is 1. The van der Waals surface area contributed by atoms with E-state index in [-0.39, 0.29) is 11.4 Å². The van der Waals surface area contributed by atoms with Gasteiger partial charge in [-0.15, -0.1) is 0 Å². The number of hydrogen-bond donors (Lipinski definition) is 2. The Morgan fingerprint density at radius 2 is 2.05 bits per heavy atom. The lowest BCUT2D eigenvalue weighted by Crippen LogP contribution is -2.14. The highest BCUT2D eigenvalue weighted by Gasteiger charge is 2.16. The zero-order chi connectivity index (χ0) is 15.5. The van der Waals surface area contributed by atoms with Gasteiger partial charge in [0.25, 0.3) is 10.0 Å². The van der Waals surface area contributed by atoms with E-state index in [4.69, 9.17) is 10.5 Å². The molecule has 0 spiro atoms. The number of aromatic nitrogens is 1. The molecule has 0 aliphatic carbocycles. The Hall–Kier alpha value is -2.12. The van der Waals surface area contributed by atoms with Crippen molar-refractivity contribution < 1.29 is 13.2 Å². The molecule has 6 nitrogen and oxygen atoms in total. The molecule has 0 unspecified atom stereocenters. The molecule has 0 aliphatic heterocycles. The second kappa shape index (κ2) is 6.11. The molecule has 0 aliphatic rings. The van der Waals surface area contributed by atoms with Gasteiger partial charge >= 0.3 is 0 Å². The maximum absolute atomic E-state index is 12.3. The molecule has 2 aromatic rings. The second-order valence-corrected chi connectivity index (χ2v) is 6.16. The molecule has 0 fully saturated rings. The van der Waals surface area contributed by atoms with Gasteiger partial charge < -0.3 is 10.5 Å². The number of methoxy groups -OCH3 is 1. The summed E-state index contributed by atoms with van der Waals surface area (Å²) < 4.78 is 32.2. The van der Waals surface area contributed by atoms with Gasteiger partial charge in [-0.05, 0) is 42.8 Å². The van der Waals surface area contributed by atoms with Gasteiger partial charge in [-0.25, -0.2) is 8.42 Å². The van der Waals surface area contributed by atoms with Crippen LogP contribution in [-0.2, 0) is 16.6 Å². The molecule has 3 N–H and O–H groups in total. The van der Waals surface area contributed by atoms with Crippen molar-refractivity contribution in [2.75, 3.05) is 11.8 Å². The largest absolute Gasteiger partial charge is 0.497 e. The monoisotopic (exact) mass is 307 g/mol. The van der Waals surface area contributed by atoms with Crippen LogP contribution in [0.15, 0.2) is 41.4 Å². The number of rotatable bonds is 5. The van der Waals surface area contributed by atoms with Gasteiger partial charge in [0.05, 0.1) is 18.5 Å². The van der Waals surface area contributed by atoms with E-state index in [0.717, 1.165) is 5.56 Å². The smallest absolute Gasteiger partial charge is 0.263 e. The summed E-state index contributed by atoms with van der Waals surface area (Å²) in [6, 6.07) is 8.19. The minimum atomic E-state index is -3.67. The van der Waals surface area contributed by atoms with Crippen LogP contribution in [0.2, 0.25) is 0 Å². The molecule has 0 saturated heterocycles. The molecule has 0 saturated carbocycles. The predicted molar refractivity (Wildman–Crippen MR) is 80.7 cm³/mol. The van der Waals surface area contributed by atoms with Gasteiger partial charge in [0, 0.05) is 12.7 Å². The minimum absolute atomic E-state index is 0.0925. The first kappa shape index (κ1) is 15.3. The van der Waals surface area contributed by atoms with E-state index in [2.05, 4.69) is 9.71 Å². The van der Waals surface area contributed by atoms with Crippen LogP contribution >= 0.6 is 0 Å². The quantitative estimate of drug-likeness (QED) is 0.876. The summed E-state index contributed by atoms with van der Waals surface area (Å²) in [6.45, 7) is 2.07. The number of nitrogens with two attached hydrogens (primary N) is 1. The lowest BCUT2D eigenvalue weighted by Gasteiger charge is -2.11. The summed E-state index contributed by atoms with van der Waals surface area (Å²) >= 11 is 0. The van der Waals surface area contributed by atoms with Gasteiger partial charge in [-0.3, -0.25) is 9.71 Å². The van der Waals surface area contributed by atoms with Crippen molar-refractivity contribution in [3.63, 3.8) is 0 Å². The average molecular weight is 307 g/mol. The Balaban J connectivity index is 2.28. The number of anilines is 1. The van der Waals surface area contributed by atoms with E-state index in [1.54, 1.807) is 38.3 Å². The van der Waals surface area contributed by atoms with Crippen molar-refractivity contribution in [2.24, 2.45) is 5.73 Å². The first-order valence-electron chi connectivity index (χ1n) is 6.28. The SMILES string of the molecule is COc1ccc(NS(=O)(=O)c2ccc(CN)nc2)c(C)c1. The topological polar surface area (TPSA) is 94.3 Å². The highest BCUT2D eigenvalue weighted by Crippen LogP contribution is 2.23. The van der Waals surface area contributed by atoms with Crippen molar-refractivity contribution in [2.45, 2.75) is 18.4 Å². The van der Waals surface area contributed by atoms with Crippen LogP contribution in [0.4, 0.5) is 5.69 Å². The van der Waals surface area contributed by atoms with Gasteiger partial charge in [0.15, 0.2) is 0 Å². The number of benzene rings is 1. The van der Waals surface area contributed by atoms with Crippen molar-refractivity contribution >= 4 is 15.7 Å². The van der Waals surface area contributed by atoms with Crippen molar-refractivity contribution in [1.29, 1.82) is 0 Å². The zero-order valence-corrected chi connectivity index (χ0v) is 12.6. The highest BCUT2D eigenvalue weighted by atomic mass is 32.2. The fourth-order valence-corrected chi connectivity index (χ4v) is 2.85. The summed E-state index contributed by atoms with van der Waals surface area (Å²) in [6.07, 6.45) is 1.30. The number of sulfonamides is 1. The Morgan fingerprint density at radius 1 is 1.29 bits per heavy atom. The molecule has 7 heteroatoms. The molecule has 0 bridgehead atoms. The van der Waals surface area contributed by atoms with E-state index in [1.807, 2.05) is 0 Å². The Kier molecular flexibility index (Phi) is 4.44. The summed E-state index contributed by atoms with van der Waals surface area (Å²) in [4.78, 5) is 4.08. The van der Waals surface area contributed by atoms with Crippen LogP contribution in [0, 0.1) is 6.92 Å². The summed E-state index contributed by atoms with van der Waals surface area (Å²) in [5, 5.41) is 0. The number of nitrogens with one attached hydrogen (secondary N) is 1. The fourth-order valence-electron chi connectivity index (χ4n) is 1.77. The second-order valence-electron chi connectivity index (χ2n) is 4.48. The number of aryl methyl sites for hydroxylation is 1. The number of hydrogen-bond acceptors (Lipinski definition) is 5. The molecule has 21 heavy (non-hydrogen) atoms.